The Morgan fingerprint density at radius 1 is 1.40 bits per heavy atom. The zero-order valence-electron chi connectivity index (χ0n) is 7.94. The van der Waals surface area contributed by atoms with Crippen LogP contribution in [0.5, 0.6) is 0 Å². The average molecular weight is 272 g/mol. The maximum Gasteiger partial charge on any atom is 0.227 e. The highest BCUT2D eigenvalue weighted by molar-refractivity contribution is 9.10. The van der Waals surface area contributed by atoms with E-state index in [0.29, 0.717) is 12.4 Å². The van der Waals surface area contributed by atoms with E-state index >= 15 is 0 Å². The maximum absolute atomic E-state index is 5.32. The van der Waals surface area contributed by atoms with Gasteiger partial charge in [0.25, 0.3) is 0 Å². The van der Waals surface area contributed by atoms with Gasteiger partial charge in [-0.1, -0.05) is 5.16 Å². The van der Waals surface area contributed by atoms with Crippen LogP contribution in [-0.4, -0.2) is 16.7 Å². The van der Waals surface area contributed by atoms with Gasteiger partial charge >= 0.3 is 0 Å². The monoisotopic (exact) mass is 271 g/mol. The van der Waals surface area contributed by atoms with Crippen molar-refractivity contribution in [1.82, 2.24) is 15.5 Å². The van der Waals surface area contributed by atoms with Gasteiger partial charge in [-0.25, -0.2) is 0 Å². The van der Waals surface area contributed by atoms with Crippen molar-refractivity contribution in [2.45, 2.75) is 13.0 Å². The minimum absolute atomic E-state index is 0.642. The first-order chi connectivity index (χ1) is 7.34. The lowest BCUT2D eigenvalue weighted by molar-refractivity contribution is 0.373. The van der Waals surface area contributed by atoms with Crippen LogP contribution in [0.2, 0.25) is 0 Å². The number of nitrogens with zero attached hydrogens (tertiary/aromatic N) is 2. The van der Waals surface area contributed by atoms with Crippen LogP contribution < -0.4 is 5.32 Å². The molecule has 2 aromatic heterocycles. The summed E-state index contributed by atoms with van der Waals surface area (Å²) >= 11 is 3.24. The Balaban J connectivity index is 1.67. The molecule has 2 heterocycles. The van der Waals surface area contributed by atoms with Crippen molar-refractivity contribution in [3.8, 4) is 0 Å². The SMILES string of the molecule is Brc1ccc(CNCCc2ncno2)o1. The molecule has 0 aromatic carbocycles. The molecule has 0 atom stereocenters. The van der Waals surface area contributed by atoms with Gasteiger partial charge in [-0.05, 0) is 28.1 Å². The van der Waals surface area contributed by atoms with Gasteiger partial charge < -0.3 is 14.3 Å². The lowest BCUT2D eigenvalue weighted by Crippen LogP contribution is -2.16. The van der Waals surface area contributed by atoms with Gasteiger partial charge in [-0.15, -0.1) is 0 Å². The molecule has 0 aliphatic heterocycles. The van der Waals surface area contributed by atoms with Crippen LogP contribution in [0.3, 0.4) is 0 Å². The Labute approximate surface area is 95.0 Å². The Hall–Kier alpha value is -1.14. The largest absolute Gasteiger partial charge is 0.453 e. The smallest absolute Gasteiger partial charge is 0.227 e. The van der Waals surface area contributed by atoms with Crippen LogP contribution in [0.4, 0.5) is 0 Å². The van der Waals surface area contributed by atoms with Gasteiger partial charge in [-0.3, -0.25) is 0 Å². The predicted octanol–water partition coefficient (Wildman–Crippen LogP) is 1.76. The molecule has 6 heteroatoms. The van der Waals surface area contributed by atoms with Crippen LogP contribution in [-0.2, 0) is 13.0 Å². The van der Waals surface area contributed by atoms with Crippen molar-refractivity contribution in [3.63, 3.8) is 0 Å². The van der Waals surface area contributed by atoms with E-state index in [4.69, 9.17) is 8.94 Å². The Morgan fingerprint density at radius 3 is 3.00 bits per heavy atom. The van der Waals surface area contributed by atoms with Crippen molar-refractivity contribution in [2.24, 2.45) is 0 Å². The topological polar surface area (TPSA) is 64.1 Å². The van der Waals surface area contributed by atoms with Crippen LogP contribution >= 0.6 is 15.9 Å². The summed E-state index contributed by atoms with van der Waals surface area (Å²) in [7, 11) is 0. The third kappa shape index (κ3) is 3.17. The third-order valence-electron chi connectivity index (χ3n) is 1.85. The highest BCUT2D eigenvalue weighted by Gasteiger charge is 2.00. The quantitative estimate of drug-likeness (QED) is 0.840. The van der Waals surface area contributed by atoms with Gasteiger partial charge in [0.2, 0.25) is 5.89 Å². The van der Waals surface area contributed by atoms with Gasteiger partial charge in [-0.2, -0.15) is 4.98 Å². The molecule has 0 radical (unpaired) electrons. The number of halogens is 1. The first-order valence-electron chi connectivity index (χ1n) is 4.55. The van der Waals surface area contributed by atoms with Gasteiger partial charge in [0.15, 0.2) is 11.0 Å². The second kappa shape index (κ2) is 5.09. The zero-order valence-corrected chi connectivity index (χ0v) is 9.53. The second-order valence-electron chi connectivity index (χ2n) is 2.97. The highest BCUT2D eigenvalue weighted by Crippen LogP contribution is 2.13. The van der Waals surface area contributed by atoms with Gasteiger partial charge in [0.05, 0.1) is 6.54 Å². The van der Waals surface area contributed by atoms with Crippen LogP contribution in [0, 0.1) is 0 Å². The zero-order chi connectivity index (χ0) is 10.5. The summed E-state index contributed by atoms with van der Waals surface area (Å²) in [5, 5.41) is 6.73. The molecule has 2 rings (SSSR count). The molecule has 0 aliphatic rings. The molecule has 0 bridgehead atoms. The number of rotatable bonds is 5. The second-order valence-corrected chi connectivity index (χ2v) is 3.75. The molecule has 1 N–H and O–H groups in total. The van der Waals surface area contributed by atoms with E-state index in [-0.39, 0.29) is 0 Å². The standard InChI is InChI=1S/C9H10BrN3O2/c10-8-2-1-7(14-8)5-11-4-3-9-12-6-13-15-9/h1-2,6,11H,3-5H2. The Morgan fingerprint density at radius 2 is 2.33 bits per heavy atom. The summed E-state index contributed by atoms with van der Waals surface area (Å²) in [6, 6.07) is 3.79. The minimum atomic E-state index is 0.642. The number of nitrogens with one attached hydrogen (secondary N) is 1. The number of hydrogen-bond acceptors (Lipinski definition) is 5. The summed E-state index contributed by atoms with van der Waals surface area (Å²) in [5.74, 6) is 1.54. The molecule has 2 aromatic rings. The maximum atomic E-state index is 5.32. The lowest BCUT2D eigenvalue weighted by Gasteiger charge is -1.99. The summed E-state index contributed by atoms with van der Waals surface area (Å²) in [4.78, 5) is 3.92. The molecule has 0 saturated carbocycles. The van der Waals surface area contributed by atoms with E-state index in [9.17, 15) is 0 Å². The Bertz CT molecular complexity index is 399. The van der Waals surface area contributed by atoms with Gasteiger partial charge in [0.1, 0.15) is 5.76 Å². The van der Waals surface area contributed by atoms with E-state index in [1.807, 2.05) is 12.1 Å². The molecule has 0 fully saturated rings. The van der Waals surface area contributed by atoms with Crippen molar-refractivity contribution in [3.05, 3.63) is 34.8 Å². The molecular formula is C9H10BrN3O2. The number of furan rings is 1. The van der Waals surface area contributed by atoms with Gasteiger partial charge in [0, 0.05) is 13.0 Å². The number of aromatic nitrogens is 2. The first-order valence-corrected chi connectivity index (χ1v) is 5.34. The molecular weight excluding hydrogens is 262 g/mol. The van der Waals surface area contributed by atoms with Crippen molar-refractivity contribution in [2.75, 3.05) is 6.54 Å². The van der Waals surface area contributed by atoms with Crippen molar-refractivity contribution < 1.29 is 8.94 Å². The molecule has 15 heavy (non-hydrogen) atoms. The van der Waals surface area contributed by atoms with E-state index in [1.54, 1.807) is 0 Å². The predicted molar refractivity (Wildman–Crippen MR) is 56.1 cm³/mol. The van der Waals surface area contributed by atoms with E-state index in [0.717, 1.165) is 23.4 Å². The fraction of sp³-hybridized carbons (Fsp3) is 0.333. The van der Waals surface area contributed by atoms with Crippen LogP contribution in [0.15, 0.2) is 32.1 Å². The average Bonchev–Trinajstić information content (AvgIpc) is 2.84. The molecule has 0 spiro atoms. The van der Waals surface area contributed by atoms with E-state index < -0.39 is 0 Å². The lowest BCUT2D eigenvalue weighted by atomic mass is 10.4. The summed E-state index contributed by atoms with van der Waals surface area (Å²) in [6.07, 6.45) is 2.13. The molecule has 5 nitrogen and oxygen atoms in total. The number of hydrogen-bond donors (Lipinski definition) is 1. The molecule has 0 amide bonds. The fourth-order valence-electron chi connectivity index (χ4n) is 1.16. The van der Waals surface area contributed by atoms with Crippen molar-refractivity contribution >= 4 is 15.9 Å². The molecule has 0 unspecified atom stereocenters. The fourth-order valence-corrected chi connectivity index (χ4v) is 1.50. The molecule has 0 aliphatic carbocycles. The van der Waals surface area contributed by atoms with Crippen LogP contribution in [0.1, 0.15) is 11.7 Å². The summed E-state index contributed by atoms with van der Waals surface area (Å²) in [6.45, 7) is 1.47. The van der Waals surface area contributed by atoms with E-state index in [2.05, 4.69) is 31.4 Å². The molecule has 80 valence electrons. The third-order valence-corrected chi connectivity index (χ3v) is 2.28. The molecule has 0 saturated heterocycles. The highest BCUT2D eigenvalue weighted by atomic mass is 79.9. The first kappa shape index (κ1) is 10.4. The normalized spacial score (nSPS) is 10.7. The minimum Gasteiger partial charge on any atom is -0.453 e. The summed E-state index contributed by atoms with van der Waals surface area (Å²) in [5.41, 5.74) is 0. The van der Waals surface area contributed by atoms with E-state index in [1.165, 1.54) is 6.33 Å². The van der Waals surface area contributed by atoms with Crippen molar-refractivity contribution in [1.29, 1.82) is 0 Å². The Kier molecular flexibility index (Phi) is 3.52. The van der Waals surface area contributed by atoms with Crippen LogP contribution in [0.25, 0.3) is 0 Å². The summed E-state index contributed by atoms with van der Waals surface area (Å²) < 4.78 is 10.9.